The molecule has 6 heteroatoms. The molecule has 1 aromatic heterocycles. The molecule has 3 rings (SSSR count). The van der Waals surface area contributed by atoms with E-state index in [0.717, 1.165) is 0 Å². The molecule has 1 aromatic carbocycles. The Hall–Kier alpha value is -1.49. The van der Waals surface area contributed by atoms with Crippen LogP contribution in [0.2, 0.25) is 5.02 Å². The van der Waals surface area contributed by atoms with Gasteiger partial charge in [0.1, 0.15) is 5.69 Å². The van der Waals surface area contributed by atoms with E-state index in [4.69, 9.17) is 17.3 Å². The van der Waals surface area contributed by atoms with Crippen LogP contribution in [-0.2, 0) is 0 Å². The number of aromatic nitrogens is 1. The van der Waals surface area contributed by atoms with Gasteiger partial charge in [0.2, 0.25) is 0 Å². The third-order valence-electron chi connectivity index (χ3n) is 3.76. The van der Waals surface area contributed by atoms with E-state index in [1.807, 2.05) is 18.2 Å². The zero-order chi connectivity index (χ0) is 14.1. The maximum absolute atomic E-state index is 12.4. The fourth-order valence-corrected chi connectivity index (χ4v) is 2.87. The molecular weight excluding hydrogens is 309 g/mol. The van der Waals surface area contributed by atoms with E-state index in [0.29, 0.717) is 23.8 Å². The molecule has 0 unspecified atom stereocenters. The lowest BCUT2D eigenvalue weighted by atomic mass is 9.95. The summed E-state index contributed by atoms with van der Waals surface area (Å²) in [6, 6.07) is 11.7. The third kappa shape index (κ3) is 3.23. The van der Waals surface area contributed by atoms with E-state index in [-0.39, 0.29) is 30.3 Å². The van der Waals surface area contributed by atoms with E-state index in [9.17, 15) is 4.79 Å². The molecule has 2 heterocycles. The van der Waals surface area contributed by atoms with Crippen LogP contribution in [0, 0.1) is 0 Å². The summed E-state index contributed by atoms with van der Waals surface area (Å²) in [5, 5.41) is 0.538. The van der Waals surface area contributed by atoms with Gasteiger partial charge in [0, 0.05) is 31.2 Å². The summed E-state index contributed by atoms with van der Waals surface area (Å²) in [6.45, 7) is 1.20. The first-order chi connectivity index (χ1) is 9.65. The molecule has 21 heavy (non-hydrogen) atoms. The average Bonchev–Trinajstić information content (AvgIpc) is 3.05. The van der Waals surface area contributed by atoms with Crippen molar-refractivity contribution in [1.29, 1.82) is 0 Å². The van der Waals surface area contributed by atoms with Gasteiger partial charge in [-0.2, -0.15) is 0 Å². The van der Waals surface area contributed by atoms with Crippen LogP contribution >= 0.6 is 24.0 Å². The molecule has 0 spiro atoms. The van der Waals surface area contributed by atoms with Crippen LogP contribution in [0.3, 0.4) is 0 Å². The maximum atomic E-state index is 12.4. The first-order valence-electron chi connectivity index (χ1n) is 6.59. The minimum absolute atomic E-state index is 0. The lowest BCUT2D eigenvalue weighted by molar-refractivity contribution is 0.0784. The molecule has 1 saturated heterocycles. The third-order valence-corrected chi connectivity index (χ3v) is 3.98. The quantitative estimate of drug-likeness (QED) is 0.891. The number of halogens is 2. The van der Waals surface area contributed by atoms with Gasteiger partial charge in [-0.25, -0.2) is 0 Å². The van der Waals surface area contributed by atoms with E-state index in [1.165, 1.54) is 5.56 Å². The van der Waals surface area contributed by atoms with Gasteiger partial charge in [-0.1, -0.05) is 41.9 Å². The van der Waals surface area contributed by atoms with Crippen LogP contribution in [0.25, 0.3) is 0 Å². The number of nitrogens with two attached hydrogens (primary N) is 1. The minimum Gasteiger partial charge on any atom is -0.356 e. The van der Waals surface area contributed by atoms with Gasteiger partial charge in [0.05, 0.1) is 5.02 Å². The van der Waals surface area contributed by atoms with Gasteiger partial charge in [-0.3, -0.25) is 4.79 Å². The van der Waals surface area contributed by atoms with E-state index < -0.39 is 0 Å². The van der Waals surface area contributed by atoms with Gasteiger partial charge in [-0.05, 0) is 11.6 Å². The van der Waals surface area contributed by atoms with Crippen molar-refractivity contribution in [2.75, 3.05) is 13.1 Å². The molecule has 1 aliphatic heterocycles. The second kappa shape index (κ2) is 6.52. The molecule has 3 N–H and O–H groups in total. The van der Waals surface area contributed by atoms with Gasteiger partial charge in [-0.15, -0.1) is 12.4 Å². The summed E-state index contributed by atoms with van der Waals surface area (Å²) in [5.74, 6) is 0.136. The number of hydrogen-bond acceptors (Lipinski definition) is 2. The minimum atomic E-state index is -0.0502. The van der Waals surface area contributed by atoms with Crippen LogP contribution in [0.15, 0.2) is 42.6 Å². The summed E-state index contributed by atoms with van der Waals surface area (Å²) < 4.78 is 0. The number of nitrogens with zero attached hydrogens (tertiary/aromatic N) is 1. The topological polar surface area (TPSA) is 62.1 Å². The lowest BCUT2D eigenvalue weighted by Crippen LogP contribution is -2.32. The van der Waals surface area contributed by atoms with E-state index >= 15 is 0 Å². The molecule has 2 aromatic rings. The molecule has 2 atom stereocenters. The highest BCUT2D eigenvalue weighted by molar-refractivity contribution is 6.30. The van der Waals surface area contributed by atoms with Crippen LogP contribution < -0.4 is 5.73 Å². The molecular formula is C15H17Cl2N3O. The molecule has 4 nitrogen and oxygen atoms in total. The molecule has 1 fully saturated rings. The van der Waals surface area contributed by atoms with Crippen molar-refractivity contribution >= 4 is 29.9 Å². The van der Waals surface area contributed by atoms with Crippen molar-refractivity contribution in [3.63, 3.8) is 0 Å². The van der Waals surface area contributed by atoms with Crippen LogP contribution in [0.4, 0.5) is 0 Å². The molecule has 0 radical (unpaired) electrons. The van der Waals surface area contributed by atoms with Crippen molar-refractivity contribution in [2.45, 2.75) is 12.0 Å². The Morgan fingerprint density at radius 1 is 1.29 bits per heavy atom. The standard InChI is InChI=1S/C15H16ClN3O.ClH/c16-11-6-14(18-7-11)15(20)19-8-12(13(17)9-19)10-4-2-1-3-5-10;/h1-7,12-13,18H,8-9,17H2;1H/t12-,13+;/m0./s1. The monoisotopic (exact) mass is 325 g/mol. The number of benzene rings is 1. The number of carbonyl (C=O) groups excluding carboxylic acids is 1. The number of hydrogen-bond donors (Lipinski definition) is 2. The summed E-state index contributed by atoms with van der Waals surface area (Å²) >= 11 is 5.84. The zero-order valence-electron chi connectivity index (χ0n) is 11.3. The summed E-state index contributed by atoms with van der Waals surface area (Å²) in [4.78, 5) is 17.0. The Balaban J connectivity index is 0.00000161. The first kappa shape index (κ1) is 15.9. The fraction of sp³-hybridized carbons (Fsp3) is 0.267. The Morgan fingerprint density at radius 2 is 2.00 bits per heavy atom. The highest BCUT2D eigenvalue weighted by Gasteiger charge is 2.34. The van der Waals surface area contributed by atoms with Crippen LogP contribution in [0.5, 0.6) is 0 Å². The van der Waals surface area contributed by atoms with Crippen molar-refractivity contribution in [2.24, 2.45) is 5.73 Å². The number of likely N-dealkylation sites (tertiary alicyclic amines) is 1. The van der Waals surface area contributed by atoms with Gasteiger partial charge in [0.15, 0.2) is 0 Å². The van der Waals surface area contributed by atoms with Crippen LogP contribution in [0.1, 0.15) is 22.0 Å². The van der Waals surface area contributed by atoms with E-state index in [1.54, 1.807) is 17.2 Å². The number of aromatic amines is 1. The highest BCUT2D eigenvalue weighted by atomic mass is 35.5. The van der Waals surface area contributed by atoms with Crippen molar-refractivity contribution in [3.8, 4) is 0 Å². The smallest absolute Gasteiger partial charge is 0.270 e. The Morgan fingerprint density at radius 3 is 2.62 bits per heavy atom. The number of carbonyl (C=O) groups is 1. The average molecular weight is 326 g/mol. The maximum Gasteiger partial charge on any atom is 0.270 e. The molecule has 1 amide bonds. The normalized spacial score (nSPS) is 21.1. The lowest BCUT2D eigenvalue weighted by Gasteiger charge is -2.15. The van der Waals surface area contributed by atoms with E-state index in [2.05, 4.69) is 17.1 Å². The van der Waals surface area contributed by atoms with Crippen molar-refractivity contribution in [1.82, 2.24) is 9.88 Å². The number of nitrogens with one attached hydrogen (secondary N) is 1. The summed E-state index contributed by atoms with van der Waals surface area (Å²) in [5.41, 5.74) is 7.88. The summed E-state index contributed by atoms with van der Waals surface area (Å²) in [6.07, 6.45) is 1.61. The van der Waals surface area contributed by atoms with Gasteiger partial charge < -0.3 is 15.6 Å². The Bertz CT molecular complexity index is 614. The Labute approximate surface area is 134 Å². The van der Waals surface area contributed by atoms with Crippen molar-refractivity contribution < 1.29 is 4.79 Å². The van der Waals surface area contributed by atoms with Crippen LogP contribution in [-0.4, -0.2) is 34.9 Å². The first-order valence-corrected chi connectivity index (χ1v) is 6.96. The molecule has 112 valence electrons. The second-order valence-corrected chi connectivity index (χ2v) is 5.56. The van der Waals surface area contributed by atoms with Gasteiger partial charge in [0.25, 0.3) is 5.91 Å². The molecule has 1 aliphatic rings. The SMILES string of the molecule is Cl.N[C@@H]1CN(C(=O)c2cc(Cl)c[nH]2)C[C@H]1c1ccccc1. The van der Waals surface area contributed by atoms with Gasteiger partial charge >= 0.3 is 0 Å². The number of amides is 1. The number of H-pyrrole nitrogens is 1. The molecule has 0 saturated carbocycles. The molecule has 0 bridgehead atoms. The zero-order valence-corrected chi connectivity index (χ0v) is 12.9. The predicted molar refractivity (Wildman–Crippen MR) is 86.1 cm³/mol. The largest absolute Gasteiger partial charge is 0.356 e. The fourth-order valence-electron chi connectivity index (χ4n) is 2.71. The summed E-state index contributed by atoms with van der Waals surface area (Å²) in [7, 11) is 0. The molecule has 0 aliphatic carbocycles. The Kier molecular flexibility index (Phi) is 4.93. The number of rotatable bonds is 2. The van der Waals surface area contributed by atoms with Crippen molar-refractivity contribution in [3.05, 3.63) is 58.9 Å². The second-order valence-electron chi connectivity index (χ2n) is 5.12. The highest BCUT2D eigenvalue weighted by Crippen LogP contribution is 2.27. The predicted octanol–water partition coefficient (Wildman–Crippen LogP) is 2.66.